The Morgan fingerprint density at radius 1 is 1.17 bits per heavy atom. The average Bonchev–Trinajstić information content (AvgIpc) is 2.32. The van der Waals surface area contributed by atoms with Crippen LogP contribution in [0.2, 0.25) is 0 Å². The van der Waals surface area contributed by atoms with Gasteiger partial charge in [-0.2, -0.15) is 9.97 Å². The number of aryl methyl sites for hydroxylation is 1. The number of anilines is 4. The minimum absolute atomic E-state index is 0.229. The Balaban J connectivity index is 2.30. The summed E-state index contributed by atoms with van der Waals surface area (Å²) < 4.78 is 0.977. The minimum Gasteiger partial charge on any atom is -0.373 e. The molecule has 0 spiro atoms. The van der Waals surface area contributed by atoms with Crippen molar-refractivity contribution in [1.82, 2.24) is 9.97 Å². The molecule has 1 heterocycles. The van der Waals surface area contributed by atoms with E-state index in [4.69, 9.17) is 5.73 Å². The average molecular weight is 308 g/mol. The number of aromatic nitrogens is 2. The molecule has 0 aliphatic heterocycles. The topological polar surface area (TPSA) is 75.9 Å². The van der Waals surface area contributed by atoms with E-state index in [1.165, 1.54) is 5.56 Å². The highest BCUT2D eigenvalue weighted by Gasteiger charge is 2.04. The Kier molecular flexibility index (Phi) is 3.66. The molecule has 0 fully saturated rings. The summed E-state index contributed by atoms with van der Waals surface area (Å²) in [7, 11) is 1.79. The number of halogens is 1. The summed E-state index contributed by atoms with van der Waals surface area (Å²) in [5.41, 5.74) is 7.75. The molecule has 94 valence electrons. The van der Waals surface area contributed by atoms with Crippen LogP contribution in [0.4, 0.5) is 23.3 Å². The van der Waals surface area contributed by atoms with Crippen LogP contribution in [0.15, 0.2) is 28.7 Å². The zero-order valence-electron chi connectivity index (χ0n) is 10.2. The third kappa shape index (κ3) is 2.89. The largest absolute Gasteiger partial charge is 0.373 e. The Morgan fingerprint density at radius 3 is 2.56 bits per heavy atom. The number of nitrogens with one attached hydrogen (secondary N) is 2. The van der Waals surface area contributed by atoms with E-state index in [9.17, 15) is 0 Å². The van der Waals surface area contributed by atoms with E-state index in [2.05, 4.69) is 36.5 Å². The molecule has 2 aromatic rings. The van der Waals surface area contributed by atoms with E-state index in [1.807, 2.05) is 25.1 Å². The van der Waals surface area contributed by atoms with Crippen LogP contribution in [-0.2, 0) is 0 Å². The highest BCUT2D eigenvalue weighted by molar-refractivity contribution is 9.10. The fraction of sp³-hybridized carbons (Fsp3) is 0.167. The predicted molar refractivity (Wildman–Crippen MR) is 78.2 cm³/mol. The summed E-state index contributed by atoms with van der Waals surface area (Å²) in [6.07, 6.45) is 0. The lowest BCUT2D eigenvalue weighted by molar-refractivity contribution is 1.17. The van der Waals surface area contributed by atoms with E-state index in [1.54, 1.807) is 13.1 Å². The molecule has 4 N–H and O–H groups in total. The first kappa shape index (κ1) is 12.6. The molecule has 18 heavy (non-hydrogen) atoms. The summed E-state index contributed by atoms with van der Waals surface area (Å²) in [6, 6.07) is 7.84. The van der Waals surface area contributed by atoms with E-state index < -0.39 is 0 Å². The maximum absolute atomic E-state index is 5.64. The second-order valence-corrected chi connectivity index (χ2v) is 4.71. The first-order chi connectivity index (χ1) is 8.58. The van der Waals surface area contributed by atoms with Gasteiger partial charge in [-0.05, 0) is 40.5 Å². The second-order valence-electron chi connectivity index (χ2n) is 3.85. The smallest absolute Gasteiger partial charge is 0.223 e. The molecule has 1 aromatic heterocycles. The number of hydrogen-bond acceptors (Lipinski definition) is 5. The fourth-order valence-electron chi connectivity index (χ4n) is 1.52. The van der Waals surface area contributed by atoms with Crippen LogP contribution in [0.5, 0.6) is 0 Å². The molecule has 0 bridgehead atoms. The fourth-order valence-corrected chi connectivity index (χ4v) is 2.11. The Hall–Kier alpha value is -1.82. The maximum atomic E-state index is 5.64. The van der Waals surface area contributed by atoms with Gasteiger partial charge in [-0.1, -0.05) is 6.07 Å². The standard InChI is InChI=1S/C12H14BrN5/c1-7-3-4-9(8(13)5-7)16-11-6-10(15-2)17-12(14)18-11/h3-6H,1-2H3,(H4,14,15,16,17,18). The monoisotopic (exact) mass is 307 g/mol. The van der Waals surface area contributed by atoms with Gasteiger partial charge >= 0.3 is 0 Å². The maximum Gasteiger partial charge on any atom is 0.223 e. The van der Waals surface area contributed by atoms with Crippen LogP contribution in [0.1, 0.15) is 5.56 Å². The zero-order chi connectivity index (χ0) is 13.1. The van der Waals surface area contributed by atoms with Gasteiger partial charge in [-0.25, -0.2) is 0 Å². The highest BCUT2D eigenvalue weighted by atomic mass is 79.9. The number of nitrogen functional groups attached to an aromatic ring is 1. The lowest BCUT2D eigenvalue weighted by atomic mass is 10.2. The van der Waals surface area contributed by atoms with Gasteiger partial charge in [0.15, 0.2) is 0 Å². The summed E-state index contributed by atoms with van der Waals surface area (Å²) in [5, 5.41) is 6.13. The van der Waals surface area contributed by atoms with Crippen LogP contribution < -0.4 is 16.4 Å². The molecular formula is C12H14BrN5. The van der Waals surface area contributed by atoms with E-state index in [-0.39, 0.29) is 5.95 Å². The van der Waals surface area contributed by atoms with Gasteiger partial charge < -0.3 is 16.4 Å². The highest BCUT2D eigenvalue weighted by Crippen LogP contribution is 2.26. The Bertz CT molecular complexity index is 570. The van der Waals surface area contributed by atoms with Crippen molar-refractivity contribution in [2.24, 2.45) is 0 Å². The number of nitrogens with zero attached hydrogens (tertiary/aromatic N) is 2. The quantitative estimate of drug-likeness (QED) is 0.813. The molecule has 0 radical (unpaired) electrons. The van der Waals surface area contributed by atoms with Gasteiger partial charge in [-0.3, -0.25) is 0 Å². The van der Waals surface area contributed by atoms with Crippen molar-refractivity contribution in [3.63, 3.8) is 0 Å². The lowest BCUT2D eigenvalue weighted by Crippen LogP contribution is -2.03. The SMILES string of the molecule is CNc1cc(Nc2ccc(C)cc2Br)nc(N)n1. The van der Waals surface area contributed by atoms with Crippen molar-refractivity contribution in [2.75, 3.05) is 23.4 Å². The number of rotatable bonds is 3. The van der Waals surface area contributed by atoms with E-state index in [0.29, 0.717) is 11.6 Å². The molecule has 0 atom stereocenters. The van der Waals surface area contributed by atoms with Crippen molar-refractivity contribution in [3.8, 4) is 0 Å². The van der Waals surface area contributed by atoms with Gasteiger partial charge in [-0.15, -0.1) is 0 Å². The van der Waals surface area contributed by atoms with Crippen molar-refractivity contribution >= 4 is 39.2 Å². The van der Waals surface area contributed by atoms with Crippen molar-refractivity contribution in [1.29, 1.82) is 0 Å². The number of benzene rings is 1. The number of nitrogens with two attached hydrogens (primary N) is 1. The summed E-state index contributed by atoms with van der Waals surface area (Å²) >= 11 is 3.51. The minimum atomic E-state index is 0.229. The second kappa shape index (κ2) is 5.22. The zero-order valence-corrected chi connectivity index (χ0v) is 11.7. The van der Waals surface area contributed by atoms with E-state index in [0.717, 1.165) is 10.2 Å². The third-order valence-electron chi connectivity index (χ3n) is 2.39. The van der Waals surface area contributed by atoms with Gasteiger partial charge in [0.25, 0.3) is 0 Å². The summed E-state index contributed by atoms with van der Waals surface area (Å²) in [5.74, 6) is 1.55. The molecule has 6 heteroatoms. The molecule has 0 saturated heterocycles. The molecule has 1 aromatic carbocycles. The molecule has 0 unspecified atom stereocenters. The van der Waals surface area contributed by atoms with Gasteiger partial charge in [0, 0.05) is 17.6 Å². The molecular weight excluding hydrogens is 294 g/mol. The number of hydrogen-bond donors (Lipinski definition) is 3. The van der Waals surface area contributed by atoms with Gasteiger partial charge in [0.1, 0.15) is 11.6 Å². The first-order valence-corrected chi connectivity index (χ1v) is 6.23. The van der Waals surface area contributed by atoms with Crippen LogP contribution in [0, 0.1) is 6.92 Å². The Morgan fingerprint density at radius 2 is 1.89 bits per heavy atom. The molecule has 0 saturated carbocycles. The molecule has 0 aliphatic rings. The van der Waals surface area contributed by atoms with Crippen LogP contribution >= 0.6 is 15.9 Å². The summed E-state index contributed by atoms with van der Waals surface area (Å²) in [6.45, 7) is 2.04. The third-order valence-corrected chi connectivity index (χ3v) is 3.04. The molecule has 0 aliphatic carbocycles. The van der Waals surface area contributed by atoms with Gasteiger partial charge in [0.2, 0.25) is 5.95 Å². The van der Waals surface area contributed by atoms with Crippen molar-refractivity contribution in [2.45, 2.75) is 6.92 Å². The molecule has 5 nitrogen and oxygen atoms in total. The molecule has 0 amide bonds. The normalized spacial score (nSPS) is 10.2. The van der Waals surface area contributed by atoms with Crippen LogP contribution in [0.3, 0.4) is 0 Å². The summed E-state index contributed by atoms with van der Waals surface area (Å²) in [4.78, 5) is 8.17. The van der Waals surface area contributed by atoms with Crippen molar-refractivity contribution < 1.29 is 0 Å². The molecule has 2 rings (SSSR count). The van der Waals surface area contributed by atoms with Gasteiger partial charge in [0.05, 0.1) is 5.69 Å². The van der Waals surface area contributed by atoms with E-state index >= 15 is 0 Å². The lowest BCUT2D eigenvalue weighted by Gasteiger charge is -2.10. The Labute approximate surface area is 114 Å². The first-order valence-electron chi connectivity index (χ1n) is 5.44. The predicted octanol–water partition coefficient (Wildman–Crippen LogP) is 2.92. The van der Waals surface area contributed by atoms with Crippen LogP contribution in [0.25, 0.3) is 0 Å². The van der Waals surface area contributed by atoms with Crippen LogP contribution in [-0.4, -0.2) is 17.0 Å². The van der Waals surface area contributed by atoms with Crippen molar-refractivity contribution in [3.05, 3.63) is 34.3 Å².